The van der Waals surface area contributed by atoms with Crippen LogP contribution in [-0.4, -0.2) is 53.9 Å². The van der Waals surface area contributed by atoms with Crippen molar-refractivity contribution in [3.63, 3.8) is 0 Å². The lowest BCUT2D eigenvalue weighted by molar-refractivity contribution is 0.0700. The van der Waals surface area contributed by atoms with E-state index in [0.29, 0.717) is 17.9 Å². The second-order valence-electron chi connectivity index (χ2n) is 5.46. The van der Waals surface area contributed by atoms with E-state index in [0.717, 1.165) is 19.5 Å². The molecular weight excluding hydrogens is 308 g/mol. The minimum Gasteiger partial charge on any atom is -0.491 e. The summed E-state index contributed by atoms with van der Waals surface area (Å²) in [6.45, 7) is 7.18. The van der Waals surface area contributed by atoms with Gasteiger partial charge in [-0.3, -0.25) is 0 Å². The van der Waals surface area contributed by atoms with E-state index in [2.05, 4.69) is 24.8 Å². The maximum atomic E-state index is 10.1. The Balaban J connectivity index is 2.24. The molecule has 0 aliphatic heterocycles. The molecule has 1 aromatic carbocycles. The minimum absolute atomic E-state index is 0.271. The predicted molar refractivity (Wildman–Crippen MR) is 97.0 cm³/mol. The molecule has 1 rings (SSSR count). The number of aliphatic hydroxyl groups is 1. The molecule has 1 N–H and O–H groups in total. The van der Waals surface area contributed by atoms with Crippen LogP contribution in [0, 0.1) is 11.3 Å². The molecule has 0 aromatic heterocycles. The Morgan fingerprint density at radius 2 is 2.00 bits per heavy atom. The molecule has 0 aliphatic rings. The molecule has 23 heavy (non-hydrogen) atoms. The highest BCUT2D eigenvalue weighted by Gasteiger charge is 2.11. The predicted octanol–water partition coefficient (Wildman–Crippen LogP) is 3.15. The van der Waals surface area contributed by atoms with Crippen LogP contribution in [0.1, 0.15) is 32.3 Å². The summed E-state index contributed by atoms with van der Waals surface area (Å²) in [6.07, 6.45) is 1.88. The molecule has 128 valence electrons. The normalized spacial score (nSPS) is 12.1. The molecule has 0 saturated heterocycles. The van der Waals surface area contributed by atoms with Gasteiger partial charge in [-0.15, -0.1) is 0 Å². The van der Waals surface area contributed by atoms with Gasteiger partial charge in [0.15, 0.2) is 0 Å². The topological polar surface area (TPSA) is 56.5 Å². The fourth-order valence-corrected chi connectivity index (χ4v) is 3.01. The number of thioether (sulfide) groups is 1. The van der Waals surface area contributed by atoms with Crippen molar-refractivity contribution in [3.05, 3.63) is 29.8 Å². The van der Waals surface area contributed by atoms with E-state index in [-0.39, 0.29) is 6.61 Å². The molecule has 0 unspecified atom stereocenters. The van der Waals surface area contributed by atoms with Crippen molar-refractivity contribution in [1.82, 2.24) is 4.90 Å². The third kappa shape index (κ3) is 8.85. The van der Waals surface area contributed by atoms with Gasteiger partial charge in [0.25, 0.3) is 0 Å². The third-order valence-corrected chi connectivity index (χ3v) is 4.73. The van der Waals surface area contributed by atoms with Crippen LogP contribution >= 0.6 is 11.8 Å². The lowest BCUT2D eigenvalue weighted by Crippen LogP contribution is -2.36. The Bertz CT molecular complexity index is 459. The lowest BCUT2D eigenvalue weighted by Gasteiger charge is -2.23. The largest absolute Gasteiger partial charge is 0.491 e. The lowest BCUT2D eigenvalue weighted by atomic mass is 10.2. The van der Waals surface area contributed by atoms with Gasteiger partial charge < -0.3 is 14.7 Å². The molecule has 0 fully saturated rings. The maximum Gasteiger partial charge on any atom is 0.119 e. The van der Waals surface area contributed by atoms with E-state index in [4.69, 9.17) is 10.00 Å². The van der Waals surface area contributed by atoms with Crippen LogP contribution in [0.4, 0.5) is 0 Å². The average molecular weight is 337 g/mol. The summed E-state index contributed by atoms with van der Waals surface area (Å²) in [6, 6.07) is 9.02. The molecule has 0 heterocycles. The first-order valence-electron chi connectivity index (χ1n) is 8.30. The molecule has 1 atom stereocenters. The van der Waals surface area contributed by atoms with E-state index in [1.165, 1.54) is 17.9 Å². The monoisotopic (exact) mass is 336 g/mol. The molecule has 1 aromatic rings. The Kier molecular flexibility index (Phi) is 10.5. The number of rotatable bonds is 12. The highest BCUT2D eigenvalue weighted by Crippen LogP contribution is 2.12. The molecule has 4 nitrogen and oxygen atoms in total. The van der Waals surface area contributed by atoms with Crippen LogP contribution in [0.15, 0.2) is 24.3 Å². The Morgan fingerprint density at radius 1 is 1.26 bits per heavy atom. The van der Waals surface area contributed by atoms with Crippen LogP contribution in [0.3, 0.4) is 0 Å². The van der Waals surface area contributed by atoms with Crippen LogP contribution < -0.4 is 4.74 Å². The van der Waals surface area contributed by atoms with Crippen molar-refractivity contribution in [3.8, 4) is 11.8 Å². The SMILES string of the molecule is CCCSCCCN(CC)C[C@@H](O)COc1ccc(C#N)cc1. The van der Waals surface area contributed by atoms with Crippen LogP contribution in [-0.2, 0) is 0 Å². The number of hydrogen-bond donors (Lipinski definition) is 1. The van der Waals surface area contributed by atoms with Gasteiger partial charge >= 0.3 is 0 Å². The van der Waals surface area contributed by atoms with Crippen LogP contribution in [0.5, 0.6) is 5.75 Å². The molecule has 0 amide bonds. The first-order valence-corrected chi connectivity index (χ1v) is 9.46. The Morgan fingerprint density at radius 3 is 2.61 bits per heavy atom. The van der Waals surface area contributed by atoms with E-state index in [1.807, 2.05) is 11.8 Å². The summed E-state index contributed by atoms with van der Waals surface area (Å²) in [7, 11) is 0. The van der Waals surface area contributed by atoms with Crippen LogP contribution in [0.25, 0.3) is 0 Å². The molecule has 5 heteroatoms. The van der Waals surface area contributed by atoms with Crippen molar-refractivity contribution in [2.45, 2.75) is 32.8 Å². The number of aliphatic hydroxyl groups excluding tert-OH is 1. The fourth-order valence-electron chi connectivity index (χ4n) is 2.18. The zero-order chi connectivity index (χ0) is 16.9. The van der Waals surface area contributed by atoms with E-state index >= 15 is 0 Å². The number of likely N-dealkylation sites (N-methyl/N-ethyl adjacent to an activating group) is 1. The van der Waals surface area contributed by atoms with E-state index < -0.39 is 6.10 Å². The number of hydrogen-bond acceptors (Lipinski definition) is 5. The second-order valence-corrected chi connectivity index (χ2v) is 6.68. The van der Waals surface area contributed by atoms with Crippen LogP contribution in [0.2, 0.25) is 0 Å². The van der Waals surface area contributed by atoms with Gasteiger partial charge in [0.05, 0.1) is 11.6 Å². The summed E-state index contributed by atoms with van der Waals surface area (Å²) < 4.78 is 5.58. The summed E-state index contributed by atoms with van der Waals surface area (Å²) in [5, 5.41) is 18.9. The highest BCUT2D eigenvalue weighted by atomic mass is 32.2. The maximum absolute atomic E-state index is 10.1. The average Bonchev–Trinajstić information content (AvgIpc) is 2.59. The van der Waals surface area contributed by atoms with E-state index in [1.54, 1.807) is 24.3 Å². The van der Waals surface area contributed by atoms with E-state index in [9.17, 15) is 5.11 Å². The Labute approximate surface area is 144 Å². The number of nitriles is 1. The number of benzene rings is 1. The highest BCUT2D eigenvalue weighted by molar-refractivity contribution is 7.99. The molecule has 0 saturated carbocycles. The first kappa shape index (κ1) is 19.8. The third-order valence-electron chi connectivity index (χ3n) is 3.45. The van der Waals surface area contributed by atoms with Gasteiger partial charge in [0.1, 0.15) is 18.5 Å². The number of nitrogens with zero attached hydrogens (tertiary/aromatic N) is 2. The van der Waals surface area contributed by atoms with Crippen molar-refractivity contribution in [2.24, 2.45) is 0 Å². The fraction of sp³-hybridized carbons (Fsp3) is 0.611. The van der Waals surface area contributed by atoms with Gasteiger partial charge in [-0.1, -0.05) is 13.8 Å². The molecule has 0 aliphatic carbocycles. The summed E-state index contributed by atoms with van der Waals surface area (Å²) in [5.41, 5.74) is 0.607. The molecule has 0 bridgehead atoms. The number of ether oxygens (including phenoxy) is 1. The zero-order valence-corrected chi connectivity index (χ0v) is 15.0. The molecular formula is C18H28N2O2S. The Hall–Kier alpha value is -1.22. The van der Waals surface area contributed by atoms with Gasteiger partial charge in [-0.2, -0.15) is 17.0 Å². The minimum atomic E-state index is -0.506. The van der Waals surface area contributed by atoms with Gasteiger partial charge in [0, 0.05) is 6.54 Å². The first-order chi connectivity index (χ1) is 11.2. The summed E-state index contributed by atoms with van der Waals surface area (Å²) >= 11 is 2.00. The van der Waals surface area contributed by atoms with Gasteiger partial charge in [0.2, 0.25) is 0 Å². The smallest absolute Gasteiger partial charge is 0.119 e. The summed E-state index contributed by atoms with van der Waals surface area (Å²) in [5.74, 6) is 3.09. The summed E-state index contributed by atoms with van der Waals surface area (Å²) in [4.78, 5) is 2.26. The van der Waals surface area contributed by atoms with Gasteiger partial charge in [-0.05, 0) is 61.7 Å². The quantitative estimate of drug-likeness (QED) is 0.594. The standard InChI is InChI=1S/C18H28N2O2S/c1-3-11-23-12-5-10-20(4-2)14-17(21)15-22-18-8-6-16(13-19)7-9-18/h6-9,17,21H,3-5,10-12,14-15H2,1-2H3/t17-/m1/s1. The van der Waals surface area contributed by atoms with Gasteiger partial charge in [-0.25, -0.2) is 0 Å². The van der Waals surface area contributed by atoms with Crippen molar-refractivity contribution >= 4 is 11.8 Å². The molecule has 0 spiro atoms. The zero-order valence-electron chi connectivity index (χ0n) is 14.2. The second kappa shape index (κ2) is 12.2. The van der Waals surface area contributed by atoms with Crippen molar-refractivity contribution in [1.29, 1.82) is 5.26 Å². The van der Waals surface area contributed by atoms with Crippen molar-refractivity contribution in [2.75, 3.05) is 37.7 Å². The molecule has 0 radical (unpaired) electrons. The van der Waals surface area contributed by atoms with Crippen molar-refractivity contribution < 1.29 is 9.84 Å².